The van der Waals surface area contributed by atoms with Crippen molar-refractivity contribution in [2.75, 3.05) is 6.54 Å². The fourth-order valence-electron chi connectivity index (χ4n) is 1.61. The monoisotopic (exact) mass is 263 g/mol. The second-order valence-corrected chi connectivity index (χ2v) is 6.05. The summed E-state index contributed by atoms with van der Waals surface area (Å²) in [6.45, 7) is 10.6. The van der Waals surface area contributed by atoms with Crippen LogP contribution in [-0.2, 0) is 11.2 Å². The SMILES string of the molecule is CC(C)C(=O)NCCc1ccc(OC(C)(C)C)cc1. The van der Waals surface area contributed by atoms with Crippen LogP contribution in [0.4, 0.5) is 0 Å². The van der Waals surface area contributed by atoms with Gasteiger partial charge in [0.2, 0.25) is 5.91 Å². The number of rotatable bonds is 5. The molecule has 106 valence electrons. The predicted octanol–water partition coefficient (Wildman–Crippen LogP) is 3.18. The average Bonchev–Trinajstić information content (AvgIpc) is 2.29. The lowest BCUT2D eigenvalue weighted by atomic mass is 10.1. The van der Waals surface area contributed by atoms with E-state index < -0.39 is 0 Å². The Morgan fingerprint density at radius 2 is 1.79 bits per heavy atom. The highest BCUT2D eigenvalue weighted by molar-refractivity contribution is 5.77. The van der Waals surface area contributed by atoms with Crippen LogP contribution in [0.3, 0.4) is 0 Å². The van der Waals surface area contributed by atoms with Crippen molar-refractivity contribution in [3.05, 3.63) is 29.8 Å². The molecule has 1 amide bonds. The lowest BCUT2D eigenvalue weighted by Gasteiger charge is -2.21. The van der Waals surface area contributed by atoms with Gasteiger partial charge in [-0.05, 0) is 44.9 Å². The van der Waals surface area contributed by atoms with Gasteiger partial charge < -0.3 is 10.1 Å². The molecule has 1 aromatic rings. The number of ether oxygens (including phenoxy) is 1. The van der Waals surface area contributed by atoms with E-state index in [1.54, 1.807) is 0 Å². The third-order valence-electron chi connectivity index (χ3n) is 2.58. The molecule has 0 fully saturated rings. The highest BCUT2D eigenvalue weighted by Gasteiger charge is 2.11. The zero-order valence-electron chi connectivity index (χ0n) is 12.6. The zero-order chi connectivity index (χ0) is 14.5. The Labute approximate surface area is 116 Å². The van der Waals surface area contributed by atoms with Crippen molar-refractivity contribution in [2.24, 2.45) is 5.92 Å². The molecule has 0 bridgehead atoms. The second-order valence-electron chi connectivity index (χ2n) is 6.05. The Balaban J connectivity index is 2.42. The largest absolute Gasteiger partial charge is 0.488 e. The van der Waals surface area contributed by atoms with Crippen LogP contribution in [0.1, 0.15) is 40.2 Å². The van der Waals surface area contributed by atoms with E-state index in [4.69, 9.17) is 4.74 Å². The summed E-state index contributed by atoms with van der Waals surface area (Å²) in [6.07, 6.45) is 0.842. The molecule has 3 nitrogen and oxygen atoms in total. The van der Waals surface area contributed by atoms with Gasteiger partial charge in [-0.1, -0.05) is 26.0 Å². The molecular formula is C16H25NO2. The summed E-state index contributed by atoms with van der Waals surface area (Å²) in [6, 6.07) is 8.04. The second kappa shape index (κ2) is 6.60. The number of amides is 1. The Morgan fingerprint density at radius 1 is 1.21 bits per heavy atom. The molecule has 0 aliphatic rings. The minimum atomic E-state index is -0.174. The molecule has 0 atom stereocenters. The van der Waals surface area contributed by atoms with Crippen molar-refractivity contribution in [1.29, 1.82) is 0 Å². The summed E-state index contributed by atoms with van der Waals surface area (Å²) in [5.74, 6) is 1.03. The fourth-order valence-corrected chi connectivity index (χ4v) is 1.61. The maximum atomic E-state index is 11.4. The molecule has 0 heterocycles. The molecule has 3 heteroatoms. The van der Waals surface area contributed by atoms with Gasteiger partial charge in [-0.15, -0.1) is 0 Å². The molecule has 0 aliphatic heterocycles. The van der Waals surface area contributed by atoms with E-state index >= 15 is 0 Å². The first kappa shape index (κ1) is 15.5. The van der Waals surface area contributed by atoms with Gasteiger partial charge in [0, 0.05) is 12.5 Å². The Bertz CT molecular complexity index is 402. The third kappa shape index (κ3) is 6.27. The number of nitrogens with one attached hydrogen (secondary N) is 1. The zero-order valence-corrected chi connectivity index (χ0v) is 12.6. The van der Waals surface area contributed by atoms with Gasteiger partial charge in [0.15, 0.2) is 0 Å². The number of hydrogen-bond acceptors (Lipinski definition) is 2. The lowest BCUT2D eigenvalue weighted by Crippen LogP contribution is -2.29. The molecule has 0 radical (unpaired) electrons. The Morgan fingerprint density at radius 3 is 2.26 bits per heavy atom. The van der Waals surface area contributed by atoms with Gasteiger partial charge in [0.05, 0.1) is 0 Å². The molecule has 0 aromatic heterocycles. The van der Waals surface area contributed by atoms with E-state index in [9.17, 15) is 4.79 Å². The first-order valence-electron chi connectivity index (χ1n) is 6.83. The molecule has 0 saturated carbocycles. The predicted molar refractivity (Wildman–Crippen MR) is 78.4 cm³/mol. The van der Waals surface area contributed by atoms with Gasteiger partial charge in [0.1, 0.15) is 11.4 Å². The minimum Gasteiger partial charge on any atom is -0.488 e. The Kier molecular flexibility index (Phi) is 5.40. The standard InChI is InChI=1S/C16H25NO2/c1-12(2)15(18)17-11-10-13-6-8-14(9-7-13)19-16(3,4)5/h6-9,12H,10-11H2,1-5H3,(H,17,18). The average molecular weight is 263 g/mol. The molecule has 19 heavy (non-hydrogen) atoms. The van der Waals surface area contributed by atoms with Crippen LogP contribution >= 0.6 is 0 Å². The number of carbonyl (C=O) groups excluding carboxylic acids is 1. The van der Waals surface area contributed by atoms with Crippen LogP contribution in [0.2, 0.25) is 0 Å². The highest BCUT2D eigenvalue weighted by Crippen LogP contribution is 2.18. The summed E-state index contributed by atoms with van der Waals surface area (Å²) >= 11 is 0. The summed E-state index contributed by atoms with van der Waals surface area (Å²) < 4.78 is 5.76. The van der Waals surface area contributed by atoms with Crippen LogP contribution < -0.4 is 10.1 Å². The van der Waals surface area contributed by atoms with Gasteiger partial charge in [0.25, 0.3) is 0 Å². The highest BCUT2D eigenvalue weighted by atomic mass is 16.5. The molecule has 0 unspecified atom stereocenters. The maximum Gasteiger partial charge on any atom is 0.222 e. The smallest absolute Gasteiger partial charge is 0.222 e. The Hall–Kier alpha value is -1.51. The van der Waals surface area contributed by atoms with Gasteiger partial charge in [-0.3, -0.25) is 4.79 Å². The van der Waals surface area contributed by atoms with Crippen LogP contribution in [0.5, 0.6) is 5.75 Å². The van der Waals surface area contributed by atoms with E-state index in [0.717, 1.165) is 12.2 Å². The number of carbonyl (C=O) groups is 1. The van der Waals surface area contributed by atoms with Gasteiger partial charge in [-0.2, -0.15) is 0 Å². The molecule has 1 N–H and O–H groups in total. The molecule has 1 rings (SSSR count). The van der Waals surface area contributed by atoms with Crippen molar-refractivity contribution >= 4 is 5.91 Å². The number of benzene rings is 1. The first-order chi connectivity index (χ1) is 8.78. The van der Waals surface area contributed by atoms with E-state index in [1.807, 2.05) is 58.9 Å². The van der Waals surface area contributed by atoms with E-state index in [0.29, 0.717) is 6.54 Å². The van der Waals surface area contributed by atoms with Crippen LogP contribution in [0, 0.1) is 5.92 Å². The molecule has 1 aromatic carbocycles. The molecule has 0 spiro atoms. The van der Waals surface area contributed by atoms with Crippen molar-refractivity contribution in [1.82, 2.24) is 5.32 Å². The minimum absolute atomic E-state index is 0.0440. The van der Waals surface area contributed by atoms with Crippen molar-refractivity contribution in [3.8, 4) is 5.75 Å². The summed E-state index contributed by atoms with van der Waals surface area (Å²) in [4.78, 5) is 11.4. The van der Waals surface area contributed by atoms with Crippen LogP contribution in [-0.4, -0.2) is 18.1 Å². The first-order valence-corrected chi connectivity index (χ1v) is 6.83. The number of hydrogen-bond donors (Lipinski definition) is 1. The van der Waals surface area contributed by atoms with E-state index in [-0.39, 0.29) is 17.4 Å². The maximum absolute atomic E-state index is 11.4. The van der Waals surface area contributed by atoms with Crippen molar-refractivity contribution in [2.45, 2.75) is 46.6 Å². The van der Waals surface area contributed by atoms with E-state index in [2.05, 4.69) is 5.32 Å². The topological polar surface area (TPSA) is 38.3 Å². The summed E-state index contributed by atoms with van der Waals surface area (Å²) in [5.41, 5.74) is 1.03. The fraction of sp³-hybridized carbons (Fsp3) is 0.562. The molecular weight excluding hydrogens is 238 g/mol. The normalized spacial score (nSPS) is 11.5. The van der Waals surface area contributed by atoms with Gasteiger partial charge >= 0.3 is 0 Å². The molecule has 0 aliphatic carbocycles. The van der Waals surface area contributed by atoms with Crippen molar-refractivity contribution < 1.29 is 9.53 Å². The van der Waals surface area contributed by atoms with E-state index in [1.165, 1.54) is 5.56 Å². The molecule has 0 saturated heterocycles. The summed E-state index contributed by atoms with van der Waals surface area (Å²) in [5, 5.41) is 2.91. The van der Waals surface area contributed by atoms with Crippen molar-refractivity contribution in [3.63, 3.8) is 0 Å². The lowest BCUT2D eigenvalue weighted by molar-refractivity contribution is -0.123. The quantitative estimate of drug-likeness (QED) is 0.886. The third-order valence-corrected chi connectivity index (χ3v) is 2.58. The van der Waals surface area contributed by atoms with Crippen LogP contribution in [0.25, 0.3) is 0 Å². The van der Waals surface area contributed by atoms with Gasteiger partial charge in [-0.25, -0.2) is 0 Å². The summed E-state index contributed by atoms with van der Waals surface area (Å²) in [7, 11) is 0. The van der Waals surface area contributed by atoms with Crippen LogP contribution in [0.15, 0.2) is 24.3 Å².